The second-order valence-corrected chi connectivity index (χ2v) is 4.97. The van der Waals surface area contributed by atoms with E-state index in [1.807, 2.05) is 11.9 Å². The number of anilines is 3. The van der Waals surface area contributed by atoms with E-state index in [2.05, 4.69) is 10.3 Å². The van der Waals surface area contributed by atoms with E-state index in [1.165, 1.54) is 4.90 Å². The van der Waals surface area contributed by atoms with Crippen LogP contribution in [0, 0.1) is 11.6 Å². The van der Waals surface area contributed by atoms with Gasteiger partial charge in [-0.05, 0) is 24.3 Å². The van der Waals surface area contributed by atoms with Gasteiger partial charge >= 0.3 is 6.03 Å². The van der Waals surface area contributed by atoms with E-state index >= 15 is 0 Å². The van der Waals surface area contributed by atoms with Crippen LogP contribution in [0.5, 0.6) is 0 Å². The number of nitrogens with zero attached hydrogens (tertiary/aromatic N) is 3. The molecule has 0 saturated heterocycles. The predicted octanol–water partition coefficient (Wildman–Crippen LogP) is 2.85. The molecule has 0 atom stereocenters. The molecule has 0 bridgehead atoms. The largest absolute Gasteiger partial charge is 0.356 e. The number of nitrogens with one attached hydrogen (secondary N) is 1. The number of urea groups is 1. The number of hydrogen-bond donors (Lipinski definition) is 1. The van der Waals surface area contributed by atoms with Gasteiger partial charge in [0.25, 0.3) is 0 Å². The van der Waals surface area contributed by atoms with Crippen molar-refractivity contribution in [3.63, 3.8) is 0 Å². The highest BCUT2D eigenvalue weighted by Gasteiger charge is 2.26. The van der Waals surface area contributed by atoms with Gasteiger partial charge in [0.2, 0.25) is 0 Å². The van der Waals surface area contributed by atoms with Crippen molar-refractivity contribution in [2.75, 3.05) is 35.3 Å². The summed E-state index contributed by atoms with van der Waals surface area (Å²) < 4.78 is 26.8. The first-order valence-electron chi connectivity index (χ1n) is 6.76. The maximum atomic E-state index is 13.6. The van der Waals surface area contributed by atoms with Crippen molar-refractivity contribution in [2.24, 2.45) is 0 Å². The zero-order chi connectivity index (χ0) is 15.7. The Morgan fingerprint density at radius 1 is 1.27 bits per heavy atom. The van der Waals surface area contributed by atoms with Gasteiger partial charge in [-0.25, -0.2) is 18.6 Å². The number of carbonyl (C=O) groups is 1. The van der Waals surface area contributed by atoms with Crippen molar-refractivity contribution in [1.29, 1.82) is 0 Å². The zero-order valence-electron chi connectivity index (χ0n) is 11.9. The first-order valence-corrected chi connectivity index (χ1v) is 6.76. The molecule has 0 unspecified atom stereocenters. The molecule has 7 heteroatoms. The van der Waals surface area contributed by atoms with Crippen molar-refractivity contribution in [2.45, 2.75) is 0 Å². The van der Waals surface area contributed by atoms with E-state index in [4.69, 9.17) is 0 Å². The van der Waals surface area contributed by atoms with Gasteiger partial charge in [0.05, 0.1) is 11.4 Å². The maximum absolute atomic E-state index is 13.6. The molecule has 22 heavy (non-hydrogen) atoms. The summed E-state index contributed by atoms with van der Waals surface area (Å²) in [5.74, 6) is -0.629. The Morgan fingerprint density at radius 2 is 2.09 bits per heavy atom. The molecule has 1 aliphatic heterocycles. The monoisotopic (exact) mass is 304 g/mol. The molecule has 1 aromatic heterocycles. The third-order valence-corrected chi connectivity index (χ3v) is 3.49. The molecule has 2 aromatic rings. The summed E-state index contributed by atoms with van der Waals surface area (Å²) in [6, 6.07) is 5.89. The molecule has 1 aromatic carbocycles. The number of rotatable bonds is 1. The summed E-state index contributed by atoms with van der Waals surface area (Å²) in [6.07, 6.45) is 1.64. The Kier molecular flexibility index (Phi) is 3.62. The fourth-order valence-electron chi connectivity index (χ4n) is 2.36. The zero-order valence-corrected chi connectivity index (χ0v) is 11.9. The van der Waals surface area contributed by atoms with E-state index in [9.17, 15) is 13.6 Å². The highest BCUT2D eigenvalue weighted by molar-refractivity contribution is 6.04. The van der Waals surface area contributed by atoms with Crippen LogP contribution in [0.25, 0.3) is 0 Å². The van der Waals surface area contributed by atoms with E-state index in [0.29, 0.717) is 24.6 Å². The molecule has 3 rings (SSSR count). The normalized spacial score (nSPS) is 13.8. The summed E-state index contributed by atoms with van der Waals surface area (Å²) in [7, 11) is 1.88. The molecule has 0 aliphatic carbocycles. The topological polar surface area (TPSA) is 48.5 Å². The Balaban J connectivity index is 1.87. The van der Waals surface area contributed by atoms with E-state index in [1.54, 1.807) is 18.3 Å². The molecule has 1 aliphatic rings. The molecule has 114 valence electrons. The summed E-state index contributed by atoms with van der Waals surface area (Å²) in [5, 5.41) is 2.40. The van der Waals surface area contributed by atoms with Gasteiger partial charge in [0.1, 0.15) is 11.6 Å². The van der Waals surface area contributed by atoms with Crippen LogP contribution in [0.1, 0.15) is 0 Å². The first kappa shape index (κ1) is 14.2. The number of benzene rings is 1. The third kappa shape index (κ3) is 2.57. The first-order chi connectivity index (χ1) is 10.6. The minimum absolute atomic E-state index is 0.186. The minimum Gasteiger partial charge on any atom is -0.356 e. The van der Waals surface area contributed by atoms with Gasteiger partial charge in [-0.3, -0.25) is 4.90 Å². The van der Waals surface area contributed by atoms with Crippen molar-refractivity contribution in [3.05, 3.63) is 48.2 Å². The molecule has 0 radical (unpaired) electrons. The SMILES string of the molecule is CN1CCN(C(=O)Nc2cc(F)ccc2F)c2cccnc21. The van der Waals surface area contributed by atoms with Crippen LogP contribution in [0.2, 0.25) is 0 Å². The lowest BCUT2D eigenvalue weighted by Crippen LogP contribution is -2.45. The third-order valence-electron chi connectivity index (χ3n) is 3.49. The average Bonchev–Trinajstić information content (AvgIpc) is 2.51. The van der Waals surface area contributed by atoms with Crippen molar-refractivity contribution < 1.29 is 13.6 Å². The Bertz CT molecular complexity index is 722. The lowest BCUT2D eigenvalue weighted by Gasteiger charge is -2.34. The molecular weight excluding hydrogens is 290 g/mol. The number of amides is 2. The second kappa shape index (κ2) is 5.59. The van der Waals surface area contributed by atoms with Crippen molar-refractivity contribution >= 4 is 23.2 Å². The van der Waals surface area contributed by atoms with Gasteiger partial charge < -0.3 is 10.2 Å². The van der Waals surface area contributed by atoms with E-state index < -0.39 is 17.7 Å². The maximum Gasteiger partial charge on any atom is 0.326 e. The van der Waals surface area contributed by atoms with Crippen LogP contribution < -0.4 is 15.1 Å². The number of halogens is 2. The van der Waals surface area contributed by atoms with Gasteiger partial charge in [-0.1, -0.05) is 0 Å². The van der Waals surface area contributed by atoms with Gasteiger partial charge in [0.15, 0.2) is 5.82 Å². The number of pyridine rings is 1. The molecule has 0 saturated carbocycles. The Labute approximate surface area is 126 Å². The number of likely N-dealkylation sites (N-methyl/N-ethyl adjacent to an activating group) is 1. The highest BCUT2D eigenvalue weighted by Crippen LogP contribution is 2.30. The van der Waals surface area contributed by atoms with Crippen LogP contribution in [0.3, 0.4) is 0 Å². The van der Waals surface area contributed by atoms with Gasteiger partial charge in [-0.2, -0.15) is 0 Å². The van der Waals surface area contributed by atoms with E-state index in [0.717, 1.165) is 18.2 Å². The average molecular weight is 304 g/mol. The summed E-state index contributed by atoms with van der Waals surface area (Å²) in [4.78, 5) is 20.0. The lowest BCUT2D eigenvalue weighted by molar-refractivity contribution is 0.256. The summed E-state index contributed by atoms with van der Waals surface area (Å²) in [5.41, 5.74) is 0.444. The molecule has 0 fully saturated rings. The molecule has 5 nitrogen and oxygen atoms in total. The van der Waals surface area contributed by atoms with Gasteiger partial charge in [0, 0.05) is 32.4 Å². The fourth-order valence-corrected chi connectivity index (χ4v) is 2.36. The number of hydrogen-bond acceptors (Lipinski definition) is 3. The molecule has 0 spiro atoms. The lowest BCUT2D eigenvalue weighted by atomic mass is 10.2. The van der Waals surface area contributed by atoms with Crippen molar-refractivity contribution in [1.82, 2.24) is 4.98 Å². The summed E-state index contributed by atoms with van der Waals surface area (Å²) >= 11 is 0. The van der Waals surface area contributed by atoms with Crippen LogP contribution in [0.4, 0.5) is 30.8 Å². The predicted molar refractivity (Wildman–Crippen MR) is 80.2 cm³/mol. The Hall–Kier alpha value is -2.70. The fraction of sp³-hybridized carbons (Fsp3) is 0.200. The van der Waals surface area contributed by atoms with Crippen LogP contribution in [-0.2, 0) is 0 Å². The molecule has 1 N–H and O–H groups in total. The quantitative estimate of drug-likeness (QED) is 0.881. The molecule has 2 heterocycles. The Morgan fingerprint density at radius 3 is 2.91 bits per heavy atom. The van der Waals surface area contributed by atoms with E-state index in [-0.39, 0.29) is 5.69 Å². The minimum atomic E-state index is -0.685. The smallest absolute Gasteiger partial charge is 0.326 e. The number of carbonyl (C=O) groups excluding carboxylic acids is 1. The van der Waals surface area contributed by atoms with Crippen LogP contribution in [0.15, 0.2) is 36.5 Å². The summed E-state index contributed by atoms with van der Waals surface area (Å²) in [6.45, 7) is 1.03. The molecular formula is C15H14F2N4O. The highest BCUT2D eigenvalue weighted by atomic mass is 19.1. The van der Waals surface area contributed by atoms with Crippen molar-refractivity contribution in [3.8, 4) is 0 Å². The number of fused-ring (bicyclic) bond motifs is 1. The van der Waals surface area contributed by atoms with Crippen LogP contribution >= 0.6 is 0 Å². The number of aromatic nitrogens is 1. The van der Waals surface area contributed by atoms with Gasteiger partial charge in [-0.15, -0.1) is 0 Å². The standard InChI is InChI=1S/C15H14F2N4O/c1-20-7-8-21(13-3-2-6-18-14(13)20)15(22)19-12-9-10(16)4-5-11(12)17/h2-6,9H,7-8H2,1H3,(H,19,22). The molecule has 2 amide bonds. The second-order valence-electron chi connectivity index (χ2n) is 4.97. The van der Waals surface area contributed by atoms with Crippen LogP contribution in [-0.4, -0.2) is 31.2 Å².